The minimum Gasteiger partial charge on any atom is -0.443 e. The number of hydrogen-bond donors (Lipinski definition) is 0. The molecule has 0 N–H and O–H groups in total. The van der Waals surface area contributed by atoms with Crippen molar-refractivity contribution < 1.29 is 9.53 Å². The summed E-state index contributed by atoms with van der Waals surface area (Å²) in [6.07, 6.45) is 3.26. The fourth-order valence-electron chi connectivity index (χ4n) is 1.40. The van der Waals surface area contributed by atoms with Crippen LogP contribution in [0.3, 0.4) is 0 Å². The highest BCUT2D eigenvalue weighted by atomic mass is 79.9. The summed E-state index contributed by atoms with van der Waals surface area (Å²) in [5.74, 6) is 0. The standard InChI is InChI=1S/C10H18BrNO2/c1-10(2,8-11)14-9(13)12-6-4-3-5-7-12/h3-8H2,1-2H3. The van der Waals surface area contributed by atoms with Gasteiger partial charge < -0.3 is 9.64 Å². The average molecular weight is 264 g/mol. The molecule has 0 aliphatic carbocycles. The Labute approximate surface area is 93.9 Å². The maximum atomic E-state index is 11.7. The summed E-state index contributed by atoms with van der Waals surface area (Å²) in [5, 5.41) is 0.666. The minimum absolute atomic E-state index is 0.172. The molecule has 0 aromatic heterocycles. The number of nitrogens with zero attached hydrogens (tertiary/aromatic N) is 1. The van der Waals surface area contributed by atoms with E-state index in [9.17, 15) is 4.79 Å². The number of alkyl halides is 1. The Morgan fingerprint density at radius 3 is 2.43 bits per heavy atom. The smallest absolute Gasteiger partial charge is 0.410 e. The monoisotopic (exact) mass is 263 g/mol. The number of halogens is 1. The van der Waals surface area contributed by atoms with E-state index in [1.54, 1.807) is 4.90 Å². The van der Waals surface area contributed by atoms with Crippen LogP contribution >= 0.6 is 15.9 Å². The fourth-order valence-corrected chi connectivity index (χ4v) is 1.52. The molecular weight excluding hydrogens is 246 g/mol. The van der Waals surface area contributed by atoms with Crippen molar-refractivity contribution >= 4 is 22.0 Å². The van der Waals surface area contributed by atoms with Crippen molar-refractivity contribution in [2.75, 3.05) is 18.4 Å². The lowest BCUT2D eigenvalue weighted by atomic mass is 10.1. The predicted octanol–water partition coefficient (Wildman–Crippen LogP) is 2.78. The Morgan fingerprint density at radius 2 is 1.93 bits per heavy atom. The molecule has 3 nitrogen and oxygen atoms in total. The van der Waals surface area contributed by atoms with Gasteiger partial charge >= 0.3 is 6.09 Å². The summed E-state index contributed by atoms with van der Waals surface area (Å²) in [6.45, 7) is 5.50. The van der Waals surface area contributed by atoms with E-state index < -0.39 is 5.60 Å². The van der Waals surface area contributed by atoms with E-state index in [4.69, 9.17) is 4.74 Å². The SMILES string of the molecule is CC(C)(CBr)OC(=O)N1CCCCC1. The van der Waals surface area contributed by atoms with Crippen LogP contribution in [0, 0.1) is 0 Å². The number of likely N-dealkylation sites (tertiary alicyclic amines) is 1. The summed E-state index contributed by atoms with van der Waals surface area (Å²) in [6, 6.07) is 0. The number of carbonyl (C=O) groups excluding carboxylic acids is 1. The van der Waals surface area contributed by atoms with Crippen molar-refractivity contribution in [3.63, 3.8) is 0 Å². The third kappa shape index (κ3) is 3.48. The summed E-state index contributed by atoms with van der Waals surface area (Å²) < 4.78 is 5.37. The quantitative estimate of drug-likeness (QED) is 0.718. The molecule has 0 spiro atoms. The normalized spacial score (nSPS) is 18.1. The van der Waals surface area contributed by atoms with Crippen LogP contribution in [-0.2, 0) is 4.74 Å². The van der Waals surface area contributed by atoms with Gasteiger partial charge in [0, 0.05) is 18.4 Å². The molecule has 0 radical (unpaired) electrons. The van der Waals surface area contributed by atoms with Gasteiger partial charge in [0.15, 0.2) is 0 Å². The van der Waals surface area contributed by atoms with E-state index >= 15 is 0 Å². The summed E-state index contributed by atoms with van der Waals surface area (Å²) >= 11 is 3.33. The Morgan fingerprint density at radius 1 is 1.36 bits per heavy atom. The van der Waals surface area contributed by atoms with E-state index in [2.05, 4.69) is 15.9 Å². The highest BCUT2D eigenvalue weighted by Gasteiger charge is 2.25. The van der Waals surface area contributed by atoms with Crippen LogP contribution in [-0.4, -0.2) is 35.0 Å². The molecule has 1 fully saturated rings. The Bertz CT molecular complexity index is 200. The Kier molecular flexibility index (Phi) is 4.23. The minimum atomic E-state index is -0.408. The van der Waals surface area contributed by atoms with Crippen molar-refractivity contribution in [2.24, 2.45) is 0 Å². The lowest BCUT2D eigenvalue weighted by Crippen LogP contribution is -2.41. The zero-order valence-electron chi connectivity index (χ0n) is 8.88. The molecule has 1 saturated heterocycles. The number of rotatable bonds is 2. The third-order valence-electron chi connectivity index (χ3n) is 2.30. The van der Waals surface area contributed by atoms with Crippen LogP contribution in [0.5, 0.6) is 0 Å². The molecule has 0 aromatic rings. The number of piperidine rings is 1. The maximum Gasteiger partial charge on any atom is 0.410 e. The second kappa shape index (κ2) is 5.01. The molecular formula is C10H18BrNO2. The van der Waals surface area contributed by atoms with Gasteiger partial charge in [0.25, 0.3) is 0 Å². The number of ether oxygens (including phenoxy) is 1. The molecule has 0 unspecified atom stereocenters. The van der Waals surface area contributed by atoms with Gasteiger partial charge in [0.2, 0.25) is 0 Å². The molecule has 1 heterocycles. The number of amides is 1. The van der Waals surface area contributed by atoms with Gasteiger partial charge in [0.1, 0.15) is 5.60 Å². The highest BCUT2D eigenvalue weighted by molar-refractivity contribution is 9.09. The van der Waals surface area contributed by atoms with Crippen LogP contribution in [0.2, 0.25) is 0 Å². The molecule has 1 aliphatic rings. The zero-order chi connectivity index (χ0) is 10.6. The molecule has 1 amide bonds. The van der Waals surface area contributed by atoms with E-state index in [-0.39, 0.29) is 6.09 Å². The molecule has 0 saturated carbocycles. The van der Waals surface area contributed by atoms with Gasteiger partial charge in [-0.05, 0) is 33.1 Å². The predicted molar refractivity (Wildman–Crippen MR) is 59.8 cm³/mol. The topological polar surface area (TPSA) is 29.5 Å². The Hall–Kier alpha value is -0.250. The molecule has 14 heavy (non-hydrogen) atoms. The second-order valence-electron chi connectivity index (χ2n) is 4.31. The maximum absolute atomic E-state index is 11.7. The Balaban J connectivity index is 2.40. The molecule has 0 atom stereocenters. The molecule has 0 aromatic carbocycles. The second-order valence-corrected chi connectivity index (χ2v) is 4.87. The van der Waals surface area contributed by atoms with Crippen LogP contribution in [0.4, 0.5) is 4.79 Å². The summed E-state index contributed by atoms with van der Waals surface area (Å²) in [7, 11) is 0. The van der Waals surface area contributed by atoms with Gasteiger partial charge in [-0.25, -0.2) is 4.79 Å². The van der Waals surface area contributed by atoms with Crippen molar-refractivity contribution in [3.8, 4) is 0 Å². The van der Waals surface area contributed by atoms with E-state index in [1.807, 2.05) is 13.8 Å². The first-order valence-corrected chi connectivity index (χ1v) is 6.21. The summed E-state index contributed by atoms with van der Waals surface area (Å²) in [4.78, 5) is 13.5. The first-order chi connectivity index (χ1) is 6.55. The van der Waals surface area contributed by atoms with E-state index in [0.717, 1.165) is 25.9 Å². The van der Waals surface area contributed by atoms with Gasteiger partial charge in [0.05, 0.1) is 0 Å². The first-order valence-electron chi connectivity index (χ1n) is 5.09. The molecule has 0 bridgehead atoms. The molecule has 4 heteroatoms. The molecule has 82 valence electrons. The van der Waals surface area contributed by atoms with Gasteiger partial charge in [-0.2, -0.15) is 0 Å². The largest absolute Gasteiger partial charge is 0.443 e. The van der Waals surface area contributed by atoms with Gasteiger partial charge in [-0.1, -0.05) is 15.9 Å². The third-order valence-corrected chi connectivity index (χ3v) is 3.65. The van der Waals surface area contributed by atoms with Crippen LogP contribution in [0.25, 0.3) is 0 Å². The van der Waals surface area contributed by atoms with Crippen molar-refractivity contribution in [3.05, 3.63) is 0 Å². The van der Waals surface area contributed by atoms with E-state index in [1.165, 1.54) is 6.42 Å². The van der Waals surface area contributed by atoms with Crippen LogP contribution in [0.15, 0.2) is 0 Å². The lowest BCUT2D eigenvalue weighted by molar-refractivity contribution is 0.0249. The van der Waals surface area contributed by atoms with Gasteiger partial charge in [-0.15, -0.1) is 0 Å². The average Bonchev–Trinajstić information content (AvgIpc) is 2.19. The fraction of sp³-hybridized carbons (Fsp3) is 0.900. The van der Waals surface area contributed by atoms with Crippen molar-refractivity contribution in [1.29, 1.82) is 0 Å². The molecule has 1 aliphatic heterocycles. The van der Waals surface area contributed by atoms with E-state index in [0.29, 0.717) is 5.33 Å². The molecule has 1 rings (SSSR count). The number of hydrogen-bond acceptors (Lipinski definition) is 2. The first kappa shape index (κ1) is 11.8. The zero-order valence-corrected chi connectivity index (χ0v) is 10.5. The van der Waals surface area contributed by atoms with Crippen molar-refractivity contribution in [1.82, 2.24) is 4.90 Å². The van der Waals surface area contributed by atoms with Crippen molar-refractivity contribution in [2.45, 2.75) is 38.7 Å². The highest BCUT2D eigenvalue weighted by Crippen LogP contribution is 2.16. The van der Waals surface area contributed by atoms with Crippen LogP contribution < -0.4 is 0 Å². The number of carbonyl (C=O) groups is 1. The van der Waals surface area contributed by atoms with Gasteiger partial charge in [-0.3, -0.25) is 0 Å². The summed E-state index contributed by atoms with van der Waals surface area (Å²) in [5.41, 5.74) is -0.408. The van der Waals surface area contributed by atoms with Crippen LogP contribution in [0.1, 0.15) is 33.1 Å². The lowest BCUT2D eigenvalue weighted by Gasteiger charge is -2.30.